The second-order valence-corrected chi connectivity index (χ2v) is 5.23. The standard InChI is InChI=1S/C11H13BrCl2N2O/c1-15-4-2-3-10(17)16-11-8(13)5-7(12)6-9(11)14/h5-6,15H,2-4H2,1H3,(H,16,17). The average molecular weight is 340 g/mol. The Morgan fingerprint density at radius 3 is 2.47 bits per heavy atom. The first-order valence-electron chi connectivity index (χ1n) is 5.13. The Bertz CT molecular complexity index is 389. The topological polar surface area (TPSA) is 41.1 Å². The van der Waals surface area contributed by atoms with Gasteiger partial charge in [-0.05, 0) is 32.1 Å². The third-order valence-corrected chi connectivity index (χ3v) is 3.16. The van der Waals surface area contributed by atoms with Crippen LogP contribution in [0.25, 0.3) is 0 Å². The predicted molar refractivity (Wildman–Crippen MR) is 76.0 cm³/mol. The molecule has 0 saturated heterocycles. The molecule has 1 amide bonds. The lowest BCUT2D eigenvalue weighted by Gasteiger charge is -2.09. The quantitative estimate of drug-likeness (QED) is 0.803. The summed E-state index contributed by atoms with van der Waals surface area (Å²) in [5.41, 5.74) is 0.464. The molecule has 2 N–H and O–H groups in total. The summed E-state index contributed by atoms with van der Waals surface area (Å²) in [7, 11) is 1.85. The van der Waals surface area contributed by atoms with Crippen LogP contribution in [0.15, 0.2) is 16.6 Å². The molecule has 0 radical (unpaired) electrons. The van der Waals surface area contributed by atoms with Gasteiger partial charge in [0, 0.05) is 10.9 Å². The molecule has 0 aliphatic carbocycles. The number of nitrogens with one attached hydrogen (secondary N) is 2. The van der Waals surface area contributed by atoms with Crippen molar-refractivity contribution in [3.8, 4) is 0 Å². The number of hydrogen-bond acceptors (Lipinski definition) is 2. The highest BCUT2D eigenvalue weighted by Gasteiger charge is 2.10. The molecule has 0 unspecified atom stereocenters. The van der Waals surface area contributed by atoms with Crippen molar-refractivity contribution in [3.05, 3.63) is 26.7 Å². The Labute approximate surface area is 119 Å². The summed E-state index contributed by atoms with van der Waals surface area (Å²) in [5, 5.41) is 6.54. The summed E-state index contributed by atoms with van der Waals surface area (Å²) in [6.07, 6.45) is 1.21. The summed E-state index contributed by atoms with van der Waals surface area (Å²) in [6, 6.07) is 3.38. The predicted octanol–water partition coefficient (Wildman–Crippen LogP) is 3.69. The molecule has 94 valence electrons. The highest BCUT2D eigenvalue weighted by atomic mass is 79.9. The van der Waals surface area contributed by atoms with E-state index in [1.165, 1.54) is 0 Å². The van der Waals surface area contributed by atoms with Crippen molar-refractivity contribution in [1.82, 2.24) is 5.32 Å². The van der Waals surface area contributed by atoms with Crippen LogP contribution in [-0.2, 0) is 4.79 Å². The minimum absolute atomic E-state index is 0.0913. The van der Waals surface area contributed by atoms with E-state index in [1.54, 1.807) is 12.1 Å². The molecule has 0 heterocycles. The van der Waals surface area contributed by atoms with Gasteiger partial charge in [0.25, 0.3) is 0 Å². The molecule has 1 rings (SSSR count). The maximum absolute atomic E-state index is 11.6. The molecule has 0 spiro atoms. The van der Waals surface area contributed by atoms with Crippen LogP contribution in [0.1, 0.15) is 12.8 Å². The minimum Gasteiger partial charge on any atom is -0.324 e. The smallest absolute Gasteiger partial charge is 0.224 e. The SMILES string of the molecule is CNCCCC(=O)Nc1c(Cl)cc(Br)cc1Cl. The normalized spacial score (nSPS) is 10.4. The average Bonchev–Trinajstić information content (AvgIpc) is 2.24. The highest BCUT2D eigenvalue weighted by Crippen LogP contribution is 2.33. The van der Waals surface area contributed by atoms with Crippen molar-refractivity contribution < 1.29 is 4.79 Å². The third-order valence-electron chi connectivity index (χ3n) is 2.10. The summed E-state index contributed by atoms with van der Waals surface area (Å²) >= 11 is 15.3. The lowest BCUT2D eigenvalue weighted by atomic mass is 10.2. The number of benzene rings is 1. The van der Waals surface area contributed by atoms with Gasteiger partial charge in [0.15, 0.2) is 0 Å². The Morgan fingerprint density at radius 2 is 1.94 bits per heavy atom. The first-order valence-corrected chi connectivity index (χ1v) is 6.68. The van der Waals surface area contributed by atoms with Crippen LogP contribution in [0.3, 0.4) is 0 Å². The van der Waals surface area contributed by atoms with E-state index in [4.69, 9.17) is 23.2 Å². The molecular formula is C11H13BrCl2N2O. The fourth-order valence-corrected chi connectivity index (χ4v) is 2.59. The molecule has 6 heteroatoms. The van der Waals surface area contributed by atoms with Crippen LogP contribution >= 0.6 is 39.1 Å². The fraction of sp³-hybridized carbons (Fsp3) is 0.364. The van der Waals surface area contributed by atoms with E-state index in [2.05, 4.69) is 26.6 Å². The number of amides is 1. The lowest BCUT2D eigenvalue weighted by molar-refractivity contribution is -0.116. The molecule has 0 atom stereocenters. The molecule has 0 fully saturated rings. The summed E-state index contributed by atoms with van der Waals surface area (Å²) < 4.78 is 0.778. The second kappa shape index (κ2) is 7.21. The number of hydrogen-bond donors (Lipinski definition) is 2. The van der Waals surface area contributed by atoms with Crippen LogP contribution in [-0.4, -0.2) is 19.5 Å². The zero-order valence-corrected chi connectivity index (χ0v) is 12.4. The van der Waals surface area contributed by atoms with Gasteiger partial charge >= 0.3 is 0 Å². The number of halogens is 3. The molecule has 0 saturated carbocycles. The molecule has 17 heavy (non-hydrogen) atoms. The third kappa shape index (κ3) is 4.84. The number of carbonyl (C=O) groups is 1. The molecule has 1 aromatic carbocycles. The highest BCUT2D eigenvalue weighted by molar-refractivity contribution is 9.10. The van der Waals surface area contributed by atoms with Gasteiger partial charge in [-0.2, -0.15) is 0 Å². The van der Waals surface area contributed by atoms with Crippen LogP contribution in [0.2, 0.25) is 10.0 Å². The summed E-state index contributed by atoms with van der Waals surface area (Å²) in [5.74, 6) is -0.0913. The van der Waals surface area contributed by atoms with Gasteiger partial charge in [-0.15, -0.1) is 0 Å². The molecular weight excluding hydrogens is 327 g/mol. The van der Waals surface area contributed by atoms with Crippen LogP contribution in [0.5, 0.6) is 0 Å². The van der Waals surface area contributed by atoms with Crippen LogP contribution in [0, 0.1) is 0 Å². The van der Waals surface area contributed by atoms with E-state index in [1.807, 2.05) is 7.05 Å². The molecule has 0 aromatic heterocycles. The number of carbonyl (C=O) groups excluding carboxylic acids is 1. The van der Waals surface area contributed by atoms with Gasteiger partial charge in [-0.25, -0.2) is 0 Å². The van der Waals surface area contributed by atoms with E-state index < -0.39 is 0 Å². The monoisotopic (exact) mass is 338 g/mol. The summed E-state index contributed by atoms with van der Waals surface area (Å²) in [4.78, 5) is 11.6. The fourth-order valence-electron chi connectivity index (χ4n) is 1.29. The lowest BCUT2D eigenvalue weighted by Crippen LogP contribution is -2.15. The van der Waals surface area contributed by atoms with E-state index >= 15 is 0 Å². The Morgan fingerprint density at radius 1 is 1.35 bits per heavy atom. The van der Waals surface area contributed by atoms with Gasteiger partial charge in [0.2, 0.25) is 5.91 Å². The molecule has 3 nitrogen and oxygen atoms in total. The van der Waals surface area contributed by atoms with Gasteiger partial charge in [0.1, 0.15) is 0 Å². The second-order valence-electron chi connectivity index (χ2n) is 3.50. The number of rotatable bonds is 5. The zero-order valence-electron chi connectivity index (χ0n) is 9.32. The first-order chi connectivity index (χ1) is 8.04. The minimum atomic E-state index is -0.0913. The van der Waals surface area contributed by atoms with E-state index in [0.29, 0.717) is 22.2 Å². The van der Waals surface area contributed by atoms with E-state index in [9.17, 15) is 4.79 Å². The maximum atomic E-state index is 11.6. The maximum Gasteiger partial charge on any atom is 0.224 e. The Hall–Kier alpha value is -0.290. The zero-order chi connectivity index (χ0) is 12.8. The van der Waals surface area contributed by atoms with E-state index in [-0.39, 0.29) is 5.91 Å². The number of anilines is 1. The molecule has 0 aliphatic rings. The molecule has 0 aliphatic heterocycles. The summed E-state index contributed by atoms with van der Waals surface area (Å²) in [6.45, 7) is 0.801. The van der Waals surface area contributed by atoms with Gasteiger partial charge in [0.05, 0.1) is 15.7 Å². The molecule has 0 bridgehead atoms. The van der Waals surface area contributed by atoms with Crippen molar-refractivity contribution in [1.29, 1.82) is 0 Å². The van der Waals surface area contributed by atoms with Gasteiger partial charge in [-0.3, -0.25) is 4.79 Å². The Balaban J connectivity index is 2.65. The van der Waals surface area contributed by atoms with Crippen molar-refractivity contribution in [2.75, 3.05) is 18.9 Å². The van der Waals surface area contributed by atoms with Crippen molar-refractivity contribution in [3.63, 3.8) is 0 Å². The van der Waals surface area contributed by atoms with E-state index in [0.717, 1.165) is 17.4 Å². The first kappa shape index (κ1) is 14.8. The van der Waals surface area contributed by atoms with Crippen LogP contribution in [0.4, 0.5) is 5.69 Å². The van der Waals surface area contributed by atoms with Crippen LogP contribution < -0.4 is 10.6 Å². The Kier molecular flexibility index (Phi) is 6.27. The van der Waals surface area contributed by atoms with Gasteiger partial charge in [-0.1, -0.05) is 39.1 Å². The van der Waals surface area contributed by atoms with Crippen molar-refractivity contribution >= 4 is 50.7 Å². The molecule has 1 aromatic rings. The van der Waals surface area contributed by atoms with Crippen molar-refractivity contribution in [2.45, 2.75) is 12.8 Å². The van der Waals surface area contributed by atoms with Gasteiger partial charge < -0.3 is 10.6 Å². The van der Waals surface area contributed by atoms with Crippen molar-refractivity contribution in [2.24, 2.45) is 0 Å². The largest absolute Gasteiger partial charge is 0.324 e.